The molecule has 0 saturated carbocycles. The first-order valence-corrected chi connectivity index (χ1v) is 11.7. The molecule has 0 bridgehead atoms. The lowest BCUT2D eigenvalue weighted by molar-refractivity contribution is 0.0384. The van der Waals surface area contributed by atoms with E-state index < -0.39 is 0 Å². The quantitative estimate of drug-likeness (QED) is 0.204. The van der Waals surface area contributed by atoms with Crippen LogP contribution in [0.2, 0.25) is 0 Å². The lowest BCUT2D eigenvalue weighted by atomic mass is 10.1. The Morgan fingerprint density at radius 1 is 0.423 bits per heavy atom. The molecule has 0 N–H and O–H groups in total. The standard InChI is InChI=1S/C23H49NO2/c1-4-7-9-11-13-15-17-24(18-16-14-12-10-8-5-2)19-21-26-23-22-25-20-6-3/h4-23H2,1-3H3. The summed E-state index contributed by atoms with van der Waals surface area (Å²) in [6, 6.07) is 0. The van der Waals surface area contributed by atoms with E-state index in [1.807, 2.05) is 0 Å². The van der Waals surface area contributed by atoms with E-state index >= 15 is 0 Å². The second-order valence-corrected chi connectivity index (χ2v) is 7.60. The molecule has 26 heavy (non-hydrogen) atoms. The van der Waals surface area contributed by atoms with Crippen LogP contribution >= 0.6 is 0 Å². The summed E-state index contributed by atoms with van der Waals surface area (Å²) in [4.78, 5) is 2.63. The molecule has 0 rings (SSSR count). The first kappa shape index (κ1) is 25.9. The molecule has 0 unspecified atom stereocenters. The summed E-state index contributed by atoms with van der Waals surface area (Å²) in [5, 5.41) is 0. The van der Waals surface area contributed by atoms with Crippen molar-refractivity contribution in [1.82, 2.24) is 4.90 Å². The molecular formula is C23H49NO2. The van der Waals surface area contributed by atoms with Crippen molar-refractivity contribution in [2.75, 3.05) is 46.1 Å². The van der Waals surface area contributed by atoms with E-state index in [0.29, 0.717) is 0 Å². The van der Waals surface area contributed by atoms with Crippen LogP contribution in [-0.2, 0) is 9.47 Å². The minimum absolute atomic E-state index is 0.738. The third kappa shape index (κ3) is 20.2. The van der Waals surface area contributed by atoms with Crippen LogP contribution in [0, 0.1) is 0 Å². The van der Waals surface area contributed by atoms with Gasteiger partial charge >= 0.3 is 0 Å². The molecule has 0 fully saturated rings. The van der Waals surface area contributed by atoms with Crippen LogP contribution in [0.15, 0.2) is 0 Å². The van der Waals surface area contributed by atoms with Crippen molar-refractivity contribution in [1.29, 1.82) is 0 Å². The maximum Gasteiger partial charge on any atom is 0.0701 e. The Balaban J connectivity index is 3.77. The average Bonchev–Trinajstić information content (AvgIpc) is 2.65. The topological polar surface area (TPSA) is 21.7 Å². The Labute approximate surface area is 165 Å². The Hall–Kier alpha value is -0.120. The number of ether oxygens (including phenoxy) is 2. The summed E-state index contributed by atoms with van der Waals surface area (Å²) in [6.07, 6.45) is 17.7. The van der Waals surface area contributed by atoms with Gasteiger partial charge < -0.3 is 14.4 Å². The molecule has 158 valence electrons. The minimum Gasteiger partial charge on any atom is -0.379 e. The van der Waals surface area contributed by atoms with Gasteiger partial charge in [-0.15, -0.1) is 0 Å². The Morgan fingerprint density at radius 3 is 1.38 bits per heavy atom. The molecule has 3 nitrogen and oxygen atoms in total. The van der Waals surface area contributed by atoms with Crippen LogP contribution < -0.4 is 0 Å². The summed E-state index contributed by atoms with van der Waals surface area (Å²) >= 11 is 0. The van der Waals surface area contributed by atoms with Crippen LogP contribution in [0.1, 0.15) is 104 Å². The van der Waals surface area contributed by atoms with Gasteiger partial charge in [0.05, 0.1) is 19.8 Å². The first-order chi connectivity index (χ1) is 12.8. The van der Waals surface area contributed by atoms with Crippen LogP contribution in [0.25, 0.3) is 0 Å². The zero-order chi connectivity index (χ0) is 19.1. The molecule has 0 saturated heterocycles. The molecule has 0 aliphatic rings. The SMILES string of the molecule is CCCCCCCCN(CCCCCCCC)CCOCCOCCC. The van der Waals surface area contributed by atoms with Crippen LogP contribution in [0.3, 0.4) is 0 Å². The summed E-state index contributed by atoms with van der Waals surface area (Å²) in [6.45, 7) is 13.5. The van der Waals surface area contributed by atoms with E-state index in [1.165, 1.54) is 90.1 Å². The molecule has 0 aliphatic carbocycles. The maximum absolute atomic E-state index is 5.76. The number of hydrogen-bond donors (Lipinski definition) is 0. The summed E-state index contributed by atoms with van der Waals surface area (Å²) in [5.41, 5.74) is 0. The van der Waals surface area contributed by atoms with Gasteiger partial charge in [-0.05, 0) is 32.4 Å². The van der Waals surface area contributed by atoms with Crippen molar-refractivity contribution in [2.24, 2.45) is 0 Å². The zero-order valence-corrected chi connectivity index (χ0v) is 18.4. The third-order valence-electron chi connectivity index (χ3n) is 4.93. The molecule has 0 spiro atoms. The van der Waals surface area contributed by atoms with E-state index in [2.05, 4.69) is 25.7 Å². The van der Waals surface area contributed by atoms with Crippen LogP contribution in [0.5, 0.6) is 0 Å². The molecule has 0 aliphatic heterocycles. The second kappa shape index (κ2) is 22.9. The lowest BCUT2D eigenvalue weighted by Crippen LogP contribution is -2.30. The van der Waals surface area contributed by atoms with Crippen molar-refractivity contribution in [3.63, 3.8) is 0 Å². The molecule has 0 atom stereocenters. The van der Waals surface area contributed by atoms with Crippen molar-refractivity contribution < 1.29 is 9.47 Å². The highest BCUT2D eigenvalue weighted by Crippen LogP contribution is 2.09. The second-order valence-electron chi connectivity index (χ2n) is 7.60. The first-order valence-electron chi connectivity index (χ1n) is 11.7. The van der Waals surface area contributed by atoms with E-state index in [9.17, 15) is 0 Å². The lowest BCUT2D eigenvalue weighted by Gasteiger charge is -2.22. The van der Waals surface area contributed by atoms with Gasteiger partial charge in [-0.3, -0.25) is 0 Å². The predicted octanol–water partition coefficient (Wildman–Crippen LogP) is 6.45. The van der Waals surface area contributed by atoms with Gasteiger partial charge in [0.25, 0.3) is 0 Å². The smallest absolute Gasteiger partial charge is 0.0701 e. The highest BCUT2D eigenvalue weighted by atomic mass is 16.5. The number of nitrogens with zero attached hydrogens (tertiary/aromatic N) is 1. The maximum atomic E-state index is 5.76. The van der Waals surface area contributed by atoms with Crippen molar-refractivity contribution in [3.8, 4) is 0 Å². The normalized spacial score (nSPS) is 11.5. The predicted molar refractivity (Wildman–Crippen MR) is 115 cm³/mol. The molecule has 0 heterocycles. The van der Waals surface area contributed by atoms with Crippen LogP contribution in [0.4, 0.5) is 0 Å². The number of hydrogen-bond acceptors (Lipinski definition) is 3. The van der Waals surface area contributed by atoms with E-state index in [0.717, 1.165) is 39.4 Å². The summed E-state index contributed by atoms with van der Waals surface area (Å²) in [5.74, 6) is 0. The van der Waals surface area contributed by atoms with Crippen molar-refractivity contribution in [2.45, 2.75) is 104 Å². The molecule has 0 radical (unpaired) electrons. The molecule has 0 amide bonds. The van der Waals surface area contributed by atoms with Crippen LogP contribution in [-0.4, -0.2) is 51.0 Å². The number of unbranched alkanes of at least 4 members (excludes halogenated alkanes) is 10. The van der Waals surface area contributed by atoms with Gasteiger partial charge in [0.2, 0.25) is 0 Å². The summed E-state index contributed by atoms with van der Waals surface area (Å²) in [7, 11) is 0. The molecule has 0 aromatic carbocycles. The Bertz CT molecular complexity index is 232. The molecule has 0 aromatic heterocycles. The van der Waals surface area contributed by atoms with Gasteiger partial charge in [0, 0.05) is 13.2 Å². The zero-order valence-electron chi connectivity index (χ0n) is 18.4. The Morgan fingerprint density at radius 2 is 0.885 bits per heavy atom. The highest BCUT2D eigenvalue weighted by Gasteiger charge is 2.05. The largest absolute Gasteiger partial charge is 0.379 e. The van der Waals surface area contributed by atoms with Gasteiger partial charge in [0.1, 0.15) is 0 Å². The monoisotopic (exact) mass is 371 g/mol. The summed E-state index contributed by atoms with van der Waals surface area (Å²) < 4.78 is 11.2. The van der Waals surface area contributed by atoms with Gasteiger partial charge in [0.15, 0.2) is 0 Å². The fraction of sp³-hybridized carbons (Fsp3) is 1.00. The molecular weight excluding hydrogens is 322 g/mol. The fourth-order valence-electron chi connectivity index (χ4n) is 3.23. The van der Waals surface area contributed by atoms with Crippen molar-refractivity contribution in [3.05, 3.63) is 0 Å². The van der Waals surface area contributed by atoms with Gasteiger partial charge in [-0.25, -0.2) is 0 Å². The van der Waals surface area contributed by atoms with Gasteiger partial charge in [-0.2, -0.15) is 0 Å². The third-order valence-corrected chi connectivity index (χ3v) is 4.93. The van der Waals surface area contributed by atoms with E-state index in [4.69, 9.17) is 9.47 Å². The van der Waals surface area contributed by atoms with E-state index in [-0.39, 0.29) is 0 Å². The Kier molecular flexibility index (Phi) is 22.8. The average molecular weight is 372 g/mol. The minimum atomic E-state index is 0.738. The van der Waals surface area contributed by atoms with Crippen molar-refractivity contribution >= 4 is 0 Å². The molecule has 0 aromatic rings. The van der Waals surface area contributed by atoms with Gasteiger partial charge in [-0.1, -0.05) is 85.0 Å². The fourth-order valence-corrected chi connectivity index (χ4v) is 3.23. The highest BCUT2D eigenvalue weighted by molar-refractivity contribution is 4.59. The molecule has 3 heteroatoms. The number of rotatable bonds is 22. The van der Waals surface area contributed by atoms with E-state index in [1.54, 1.807) is 0 Å².